The van der Waals surface area contributed by atoms with Gasteiger partial charge in [0.25, 0.3) is 0 Å². The zero-order chi connectivity index (χ0) is 16.8. The van der Waals surface area contributed by atoms with Crippen molar-refractivity contribution in [1.82, 2.24) is 10.2 Å². The molecular weight excluding hydrogens is 329 g/mol. The zero-order valence-corrected chi connectivity index (χ0v) is 14.0. The molecule has 2 N–H and O–H groups in total. The average molecular weight is 349 g/mol. The lowest BCUT2D eigenvalue weighted by atomic mass is 10.1. The van der Waals surface area contributed by atoms with E-state index in [0.717, 1.165) is 30.2 Å². The normalized spacial score (nSPS) is 16.5. The summed E-state index contributed by atoms with van der Waals surface area (Å²) in [4.78, 5) is 14.4. The number of thioether (sulfide) groups is 1. The van der Waals surface area contributed by atoms with Gasteiger partial charge in [-0.05, 0) is 18.2 Å². The average Bonchev–Trinajstić information content (AvgIpc) is 3.12. The van der Waals surface area contributed by atoms with E-state index in [9.17, 15) is 9.18 Å². The molecule has 0 aliphatic carbocycles. The Kier molecular flexibility index (Phi) is 5.77. The minimum atomic E-state index is -0.452. The Bertz CT molecular complexity index is 660. The van der Waals surface area contributed by atoms with Crippen molar-refractivity contribution in [2.24, 2.45) is 0 Å². The molecule has 1 aliphatic heterocycles. The molecular formula is C17H20FN3O2S. The van der Waals surface area contributed by atoms with Gasteiger partial charge in [-0.3, -0.25) is 4.90 Å². The van der Waals surface area contributed by atoms with E-state index in [1.807, 2.05) is 17.8 Å². The number of anilines is 1. The number of hydrogen-bond donors (Lipinski definition) is 2. The number of rotatable bonds is 5. The molecule has 0 radical (unpaired) electrons. The van der Waals surface area contributed by atoms with Gasteiger partial charge in [0.15, 0.2) is 0 Å². The molecule has 1 fully saturated rings. The molecule has 1 saturated heterocycles. The van der Waals surface area contributed by atoms with Crippen LogP contribution in [0.5, 0.6) is 0 Å². The number of para-hydroxylation sites is 1. The number of halogens is 1. The van der Waals surface area contributed by atoms with E-state index in [4.69, 9.17) is 4.42 Å². The number of nitrogens with zero attached hydrogens (tertiary/aromatic N) is 1. The molecule has 5 nitrogen and oxygen atoms in total. The summed E-state index contributed by atoms with van der Waals surface area (Å²) in [6.07, 6.45) is 3.35. The molecule has 1 aliphatic rings. The highest BCUT2D eigenvalue weighted by Gasteiger charge is 2.24. The summed E-state index contributed by atoms with van der Waals surface area (Å²) >= 11 is 1.93. The molecule has 1 aromatic heterocycles. The third-order valence-corrected chi connectivity index (χ3v) is 4.93. The topological polar surface area (TPSA) is 57.5 Å². The molecule has 0 bridgehead atoms. The number of furan rings is 1. The maximum Gasteiger partial charge on any atom is 0.319 e. The lowest BCUT2D eigenvalue weighted by Crippen LogP contribution is -2.42. The second kappa shape index (κ2) is 8.21. The van der Waals surface area contributed by atoms with Crippen molar-refractivity contribution < 1.29 is 13.6 Å². The van der Waals surface area contributed by atoms with E-state index >= 15 is 0 Å². The van der Waals surface area contributed by atoms with Crippen LogP contribution in [-0.4, -0.2) is 42.1 Å². The van der Waals surface area contributed by atoms with Crippen LogP contribution >= 0.6 is 11.8 Å². The van der Waals surface area contributed by atoms with Crippen molar-refractivity contribution in [2.75, 3.05) is 36.5 Å². The number of carbonyl (C=O) groups is 1. The maximum absolute atomic E-state index is 13.6. The summed E-state index contributed by atoms with van der Waals surface area (Å²) in [5, 5.41) is 5.38. The van der Waals surface area contributed by atoms with E-state index in [2.05, 4.69) is 15.5 Å². The fraction of sp³-hybridized carbons (Fsp3) is 0.353. The van der Waals surface area contributed by atoms with Gasteiger partial charge >= 0.3 is 6.03 Å². The van der Waals surface area contributed by atoms with Gasteiger partial charge in [0.05, 0.1) is 24.3 Å². The molecule has 1 aromatic carbocycles. The number of nitrogens with one attached hydrogen (secondary N) is 2. The maximum atomic E-state index is 13.6. The molecule has 2 heterocycles. The van der Waals surface area contributed by atoms with Crippen LogP contribution in [0.2, 0.25) is 0 Å². The molecule has 24 heavy (non-hydrogen) atoms. The molecule has 2 amide bonds. The first-order valence-electron chi connectivity index (χ1n) is 7.87. The van der Waals surface area contributed by atoms with Crippen molar-refractivity contribution in [3.05, 3.63) is 54.2 Å². The predicted octanol–water partition coefficient (Wildman–Crippen LogP) is 3.33. The van der Waals surface area contributed by atoms with Crippen molar-refractivity contribution in [3.8, 4) is 0 Å². The molecule has 2 aromatic rings. The number of hydrogen-bond acceptors (Lipinski definition) is 4. The Morgan fingerprint density at radius 2 is 2.08 bits per heavy atom. The van der Waals surface area contributed by atoms with Crippen LogP contribution in [0.25, 0.3) is 0 Å². The van der Waals surface area contributed by atoms with Crippen LogP contribution in [-0.2, 0) is 0 Å². The van der Waals surface area contributed by atoms with Crippen LogP contribution in [0, 0.1) is 5.82 Å². The first kappa shape index (κ1) is 16.9. The number of amides is 2. The monoisotopic (exact) mass is 349 g/mol. The highest BCUT2D eigenvalue weighted by molar-refractivity contribution is 7.99. The lowest BCUT2D eigenvalue weighted by Gasteiger charge is -2.33. The lowest BCUT2D eigenvalue weighted by molar-refractivity contribution is 0.208. The summed E-state index contributed by atoms with van der Waals surface area (Å²) < 4.78 is 18.8. The Labute approximate surface area is 144 Å². The first-order chi connectivity index (χ1) is 11.7. The Morgan fingerprint density at radius 3 is 2.79 bits per heavy atom. The molecule has 1 unspecified atom stereocenters. The standard InChI is InChI=1S/C17H20FN3O2S/c18-14-3-1-2-4-15(14)20-17(22)19-11-16(13-5-8-23-12-13)21-6-9-24-10-7-21/h1-5,8,12,16H,6-7,9-11H2,(H2,19,20,22). The van der Waals surface area contributed by atoms with Gasteiger partial charge in [0.1, 0.15) is 5.82 Å². The second-order valence-corrected chi connectivity index (χ2v) is 6.76. The summed E-state index contributed by atoms with van der Waals surface area (Å²) in [6, 6.07) is 7.67. The van der Waals surface area contributed by atoms with Gasteiger partial charge in [0, 0.05) is 36.7 Å². The third kappa shape index (κ3) is 4.30. The molecule has 0 spiro atoms. The fourth-order valence-electron chi connectivity index (χ4n) is 2.73. The van der Waals surface area contributed by atoms with Crippen LogP contribution in [0.1, 0.15) is 11.6 Å². The highest BCUT2D eigenvalue weighted by Crippen LogP contribution is 2.24. The highest BCUT2D eigenvalue weighted by atomic mass is 32.2. The van der Waals surface area contributed by atoms with Gasteiger partial charge < -0.3 is 15.1 Å². The van der Waals surface area contributed by atoms with Gasteiger partial charge in [-0.1, -0.05) is 12.1 Å². The SMILES string of the molecule is O=C(NCC(c1ccoc1)N1CCSCC1)Nc1ccccc1F. The molecule has 0 saturated carbocycles. The van der Waals surface area contributed by atoms with Crippen molar-refractivity contribution in [3.63, 3.8) is 0 Å². The van der Waals surface area contributed by atoms with Gasteiger partial charge in [-0.25, -0.2) is 9.18 Å². The summed E-state index contributed by atoms with van der Waals surface area (Å²) in [7, 11) is 0. The van der Waals surface area contributed by atoms with E-state index < -0.39 is 11.8 Å². The minimum Gasteiger partial charge on any atom is -0.472 e. The first-order valence-corrected chi connectivity index (χ1v) is 9.03. The van der Waals surface area contributed by atoms with E-state index in [0.29, 0.717) is 6.54 Å². The van der Waals surface area contributed by atoms with E-state index in [1.54, 1.807) is 24.7 Å². The summed E-state index contributed by atoms with van der Waals surface area (Å²) in [6.45, 7) is 2.37. The summed E-state index contributed by atoms with van der Waals surface area (Å²) in [5.74, 6) is 1.71. The van der Waals surface area contributed by atoms with E-state index in [-0.39, 0.29) is 11.7 Å². The number of carbonyl (C=O) groups excluding carboxylic acids is 1. The van der Waals surface area contributed by atoms with Crippen molar-refractivity contribution in [2.45, 2.75) is 6.04 Å². The quantitative estimate of drug-likeness (QED) is 0.869. The van der Waals surface area contributed by atoms with Gasteiger partial charge in [-0.15, -0.1) is 0 Å². The molecule has 7 heteroatoms. The van der Waals surface area contributed by atoms with Crippen LogP contribution < -0.4 is 10.6 Å². The Hall–Kier alpha value is -1.99. The largest absolute Gasteiger partial charge is 0.472 e. The van der Waals surface area contributed by atoms with Crippen LogP contribution in [0.3, 0.4) is 0 Å². The number of benzene rings is 1. The Balaban J connectivity index is 1.61. The minimum absolute atomic E-state index is 0.0519. The van der Waals surface area contributed by atoms with E-state index in [1.165, 1.54) is 12.1 Å². The fourth-order valence-corrected chi connectivity index (χ4v) is 3.66. The predicted molar refractivity (Wildman–Crippen MR) is 93.8 cm³/mol. The summed E-state index contributed by atoms with van der Waals surface area (Å²) in [5.41, 5.74) is 1.21. The third-order valence-electron chi connectivity index (χ3n) is 3.99. The molecule has 3 rings (SSSR count). The molecule has 128 valence electrons. The van der Waals surface area contributed by atoms with Gasteiger partial charge in [0.2, 0.25) is 0 Å². The molecule has 1 atom stereocenters. The van der Waals surface area contributed by atoms with Crippen LogP contribution in [0.15, 0.2) is 47.3 Å². The second-order valence-electron chi connectivity index (χ2n) is 5.54. The van der Waals surface area contributed by atoms with Crippen molar-refractivity contribution in [1.29, 1.82) is 0 Å². The van der Waals surface area contributed by atoms with Gasteiger partial charge in [-0.2, -0.15) is 11.8 Å². The van der Waals surface area contributed by atoms with Crippen molar-refractivity contribution >= 4 is 23.5 Å². The zero-order valence-electron chi connectivity index (χ0n) is 13.2. The smallest absolute Gasteiger partial charge is 0.319 e. The number of urea groups is 1. The Morgan fingerprint density at radius 1 is 1.29 bits per heavy atom. The van der Waals surface area contributed by atoms with Crippen LogP contribution in [0.4, 0.5) is 14.9 Å².